The molecule has 1 aliphatic carbocycles. The van der Waals surface area contributed by atoms with Gasteiger partial charge in [-0.05, 0) is 80.8 Å². The van der Waals surface area contributed by atoms with E-state index < -0.39 is 0 Å². The van der Waals surface area contributed by atoms with Crippen molar-refractivity contribution in [2.75, 3.05) is 26.2 Å². The van der Waals surface area contributed by atoms with Gasteiger partial charge in [0.2, 0.25) is 5.91 Å². The zero-order valence-corrected chi connectivity index (χ0v) is 17.8. The van der Waals surface area contributed by atoms with Gasteiger partial charge in [0, 0.05) is 32.3 Å². The molecule has 0 radical (unpaired) electrons. The van der Waals surface area contributed by atoms with Crippen LogP contribution in [0.1, 0.15) is 62.3 Å². The third kappa shape index (κ3) is 4.09. The van der Waals surface area contributed by atoms with E-state index in [-0.39, 0.29) is 5.41 Å². The minimum atomic E-state index is 0.241. The lowest BCUT2D eigenvalue weighted by Gasteiger charge is -2.40. The molecule has 4 rings (SSSR count). The molecule has 2 aromatic rings. The van der Waals surface area contributed by atoms with Crippen LogP contribution >= 0.6 is 0 Å². The number of piperidine rings is 1. The van der Waals surface area contributed by atoms with Crippen molar-refractivity contribution in [2.45, 2.75) is 57.4 Å². The smallest absolute Gasteiger partial charge is 0.223 e. The number of fused-ring (bicyclic) bond motifs is 2. The van der Waals surface area contributed by atoms with Crippen LogP contribution in [0.3, 0.4) is 0 Å². The van der Waals surface area contributed by atoms with Gasteiger partial charge in [0.25, 0.3) is 0 Å². The molecule has 0 N–H and O–H groups in total. The van der Waals surface area contributed by atoms with Crippen molar-refractivity contribution in [3.63, 3.8) is 0 Å². The molecule has 1 aromatic carbocycles. The van der Waals surface area contributed by atoms with Gasteiger partial charge in [0.1, 0.15) is 0 Å². The minimum Gasteiger partial charge on any atom is -0.343 e. The number of benzene rings is 1. The van der Waals surface area contributed by atoms with Crippen molar-refractivity contribution in [1.29, 1.82) is 0 Å². The van der Waals surface area contributed by atoms with Crippen LogP contribution in [0.5, 0.6) is 0 Å². The van der Waals surface area contributed by atoms with Crippen LogP contribution in [-0.4, -0.2) is 46.9 Å². The number of amides is 1. The number of likely N-dealkylation sites (tertiary alicyclic amines) is 1. The monoisotopic (exact) mass is 391 g/mol. The van der Waals surface area contributed by atoms with Crippen LogP contribution in [0.4, 0.5) is 0 Å². The van der Waals surface area contributed by atoms with Crippen LogP contribution in [0.2, 0.25) is 0 Å². The molecule has 1 saturated heterocycles. The van der Waals surface area contributed by atoms with E-state index in [1.54, 1.807) is 0 Å². The Morgan fingerprint density at radius 2 is 1.83 bits per heavy atom. The molecule has 29 heavy (non-hydrogen) atoms. The van der Waals surface area contributed by atoms with Gasteiger partial charge < -0.3 is 4.90 Å². The van der Waals surface area contributed by atoms with E-state index in [9.17, 15) is 4.79 Å². The molecule has 1 atom stereocenters. The normalized spacial score (nSPS) is 20.6. The molecule has 1 spiro atoms. The Kier molecular flexibility index (Phi) is 6.00. The second kappa shape index (κ2) is 8.66. The highest BCUT2D eigenvalue weighted by Crippen LogP contribution is 2.52. The SMILES string of the molecule is CCN(CC)C(=O)C[C@@H]1CC2(CCN(Cc3ccccn3)CC2)c2ccccc21. The van der Waals surface area contributed by atoms with Gasteiger partial charge in [-0.3, -0.25) is 14.7 Å². The summed E-state index contributed by atoms with van der Waals surface area (Å²) in [5.74, 6) is 0.668. The predicted octanol–water partition coefficient (Wildman–Crippen LogP) is 4.36. The van der Waals surface area contributed by atoms with E-state index in [1.807, 2.05) is 17.2 Å². The molecule has 4 heteroatoms. The molecule has 2 heterocycles. The number of nitrogens with zero attached hydrogens (tertiary/aromatic N) is 3. The van der Waals surface area contributed by atoms with Crippen LogP contribution in [-0.2, 0) is 16.8 Å². The lowest BCUT2D eigenvalue weighted by Crippen LogP contribution is -2.41. The largest absolute Gasteiger partial charge is 0.343 e. The second-order valence-corrected chi connectivity index (χ2v) is 8.64. The van der Waals surface area contributed by atoms with Gasteiger partial charge >= 0.3 is 0 Å². The maximum Gasteiger partial charge on any atom is 0.223 e. The summed E-state index contributed by atoms with van der Waals surface area (Å²) in [5, 5.41) is 0. The number of rotatable bonds is 6. The Morgan fingerprint density at radius 1 is 1.10 bits per heavy atom. The average molecular weight is 392 g/mol. The Labute approximate surface area is 174 Å². The number of hydrogen-bond acceptors (Lipinski definition) is 3. The molecule has 1 fully saturated rings. The van der Waals surface area contributed by atoms with E-state index in [1.165, 1.54) is 24.0 Å². The first kappa shape index (κ1) is 20.1. The van der Waals surface area contributed by atoms with Crippen molar-refractivity contribution in [3.8, 4) is 0 Å². The lowest BCUT2D eigenvalue weighted by atomic mass is 9.73. The van der Waals surface area contributed by atoms with E-state index in [0.29, 0.717) is 18.2 Å². The summed E-state index contributed by atoms with van der Waals surface area (Å²) in [6.45, 7) is 8.88. The Morgan fingerprint density at radius 3 is 2.52 bits per heavy atom. The highest BCUT2D eigenvalue weighted by molar-refractivity contribution is 5.77. The summed E-state index contributed by atoms with van der Waals surface area (Å²) in [6.07, 6.45) is 6.00. The molecule has 1 amide bonds. The summed E-state index contributed by atoms with van der Waals surface area (Å²) in [4.78, 5) is 21.8. The fourth-order valence-electron chi connectivity index (χ4n) is 5.46. The van der Waals surface area contributed by atoms with Crippen LogP contribution in [0.15, 0.2) is 48.7 Å². The number of pyridine rings is 1. The number of carbonyl (C=O) groups is 1. The summed E-state index contributed by atoms with van der Waals surface area (Å²) in [7, 11) is 0. The van der Waals surface area contributed by atoms with Gasteiger partial charge in [0.05, 0.1) is 5.69 Å². The van der Waals surface area contributed by atoms with Crippen LogP contribution in [0.25, 0.3) is 0 Å². The molecule has 0 bridgehead atoms. The number of carbonyl (C=O) groups excluding carboxylic acids is 1. The van der Waals surface area contributed by atoms with Crippen molar-refractivity contribution >= 4 is 5.91 Å². The van der Waals surface area contributed by atoms with Gasteiger partial charge in [-0.2, -0.15) is 0 Å². The summed E-state index contributed by atoms with van der Waals surface area (Å²) in [5.41, 5.74) is 4.32. The van der Waals surface area contributed by atoms with E-state index in [2.05, 4.69) is 60.1 Å². The fraction of sp³-hybridized carbons (Fsp3) is 0.520. The van der Waals surface area contributed by atoms with Crippen molar-refractivity contribution in [3.05, 3.63) is 65.5 Å². The van der Waals surface area contributed by atoms with Crippen LogP contribution in [0, 0.1) is 0 Å². The maximum atomic E-state index is 12.8. The number of aromatic nitrogens is 1. The van der Waals surface area contributed by atoms with Crippen molar-refractivity contribution < 1.29 is 4.79 Å². The van der Waals surface area contributed by atoms with Gasteiger partial charge in [-0.15, -0.1) is 0 Å². The third-order valence-corrected chi connectivity index (χ3v) is 7.07. The molecule has 0 unspecified atom stereocenters. The molecule has 2 aliphatic rings. The first-order chi connectivity index (χ1) is 14.1. The zero-order valence-electron chi connectivity index (χ0n) is 17.8. The van der Waals surface area contributed by atoms with Gasteiger partial charge in [-0.1, -0.05) is 30.3 Å². The minimum absolute atomic E-state index is 0.241. The topological polar surface area (TPSA) is 36.4 Å². The molecule has 1 aromatic heterocycles. The molecule has 0 saturated carbocycles. The molecule has 4 nitrogen and oxygen atoms in total. The molecule has 1 aliphatic heterocycles. The third-order valence-electron chi connectivity index (χ3n) is 7.07. The second-order valence-electron chi connectivity index (χ2n) is 8.64. The number of hydrogen-bond donors (Lipinski definition) is 0. The lowest BCUT2D eigenvalue weighted by molar-refractivity contribution is -0.131. The fourth-order valence-corrected chi connectivity index (χ4v) is 5.46. The molecular weight excluding hydrogens is 358 g/mol. The van der Waals surface area contributed by atoms with Crippen molar-refractivity contribution in [2.24, 2.45) is 0 Å². The summed E-state index contributed by atoms with van der Waals surface area (Å²) in [6, 6.07) is 15.1. The van der Waals surface area contributed by atoms with E-state index in [0.717, 1.165) is 44.8 Å². The first-order valence-electron chi connectivity index (χ1n) is 11.1. The quantitative estimate of drug-likeness (QED) is 0.734. The first-order valence-corrected chi connectivity index (χ1v) is 11.1. The molecule has 154 valence electrons. The summed E-state index contributed by atoms with van der Waals surface area (Å²) < 4.78 is 0. The zero-order chi connectivity index (χ0) is 20.3. The van der Waals surface area contributed by atoms with Gasteiger partial charge in [0.15, 0.2) is 0 Å². The maximum absolute atomic E-state index is 12.8. The Balaban J connectivity index is 1.47. The Bertz CT molecular complexity index is 823. The van der Waals surface area contributed by atoms with Crippen molar-refractivity contribution in [1.82, 2.24) is 14.8 Å². The Hall–Kier alpha value is -2.20. The highest BCUT2D eigenvalue weighted by Gasteiger charge is 2.45. The van der Waals surface area contributed by atoms with E-state index >= 15 is 0 Å². The average Bonchev–Trinajstić information content (AvgIpc) is 3.05. The molecular formula is C25H33N3O. The standard InChI is InChI=1S/C25H33N3O/c1-3-28(4-2)24(29)17-20-18-25(23-11-6-5-10-22(20)23)12-15-27(16-13-25)19-21-9-7-8-14-26-21/h5-11,14,20H,3-4,12-13,15-19H2,1-2H3/t20-/m1/s1. The van der Waals surface area contributed by atoms with Gasteiger partial charge in [-0.25, -0.2) is 0 Å². The predicted molar refractivity (Wildman–Crippen MR) is 117 cm³/mol. The summed E-state index contributed by atoms with van der Waals surface area (Å²) >= 11 is 0. The van der Waals surface area contributed by atoms with Crippen LogP contribution < -0.4 is 0 Å². The highest BCUT2D eigenvalue weighted by atomic mass is 16.2. The van der Waals surface area contributed by atoms with E-state index in [4.69, 9.17) is 0 Å².